The van der Waals surface area contributed by atoms with E-state index in [1.807, 2.05) is 0 Å². The monoisotopic (exact) mass is 131 g/mol. The molecule has 0 heterocycles. The Morgan fingerprint density at radius 1 is 1.44 bits per heavy atom. The average molecular weight is 131 g/mol. The predicted octanol–water partition coefficient (Wildman–Crippen LogP) is -1.56. The number of hydrogen-bond acceptors (Lipinski definition) is 4. The number of carboxylic acids is 1. The second-order valence-corrected chi connectivity index (χ2v) is 1.05. The summed E-state index contributed by atoms with van der Waals surface area (Å²) in [6, 6.07) is 0. The summed E-state index contributed by atoms with van der Waals surface area (Å²) in [6.07, 6.45) is 1.50. The van der Waals surface area contributed by atoms with Crippen molar-refractivity contribution in [3.63, 3.8) is 0 Å². The highest BCUT2D eigenvalue weighted by Crippen LogP contribution is 1.56. The highest BCUT2D eigenvalue weighted by atomic mass is 16.5. The predicted molar refractivity (Wildman–Crippen MR) is 27.1 cm³/mol. The smallest absolute Gasteiger partial charge is 0.175 e. The fraction of sp³-hybridized carbons (Fsp3) is 0.400. The van der Waals surface area contributed by atoms with Gasteiger partial charge in [-0.1, -0.05) is 0 Å². The number of carbonyl (C=O) groups is 2. The molecule has 0 aliphatic carbocycles. The molecule has 0 aliphatic heterocycles. The molecule has 0 saturated carbocycles. The summed E-state index contributed by atoms with van der Waals surface area (Å²) in [4.78, 5) is 27.4. The molecule has 9 heavy (non-hydrogen) atoms. The van der Waals surface area contributed by atoms with E-state index in [0.29, 0.717) is 0 Å². The van der Waals surface area contributed by atoms with E-state index in [0.717, 1.165) is 6.92 Å². The normalized spacial score (nSPS) is 6.44. The largest absolute Gasteiger partial charge is 0.542 e. The van der Waals surface area contributed by atoms with Gasteiger partial charge in [0.1, 0.15) is 5.97 Å². The molecule has 0 unspecified atom stereocenters. The molecule has 0 spiro atoms. The Morgan fingerprint density at radius 2 is 1.56 bits per heavy atom. The molecule has 4 heteroatoms. The van der Waals surface area contributed by atoms with E-state index in [4.69, 9.17) is 4.79 Å². The zero-order valence-corrected chi connectivity index (χ0v) is 5.13. The van der Waals surface area contributed by atoms with Crippen molar-refractivity contribution in [2.45, 2.75) is 13.8 Å². The Labute approximate surface area is 52.5 Å². The number of ketones is 1. The van der Waals surface area contributed by atoms with Gasteiger partial charge in [-0.25, -0.2) is 0 Å². The van der Waals surface area contributed by atoms with Crippen molar-refractivity contribution in [3.05, 3.63) is 0 Å². The molecule has 0 aromatic carbocycles. The summed E-state index contributed by atoms with van der Waals surface area (Å²) in [5, 5.41) is 9.24. The van der Waals surface area contributed by atoms with Crippen molar-refractivity contribution in [2.24, 2.45) is 0 Å². The van der Waals surface area contributed by atoms with Crippen LogP contribution in [0.3, 0.4) is 0 Å². The van der Waals surface area contributed by atoms with Gasteiger partial charge in [-0.05, 0) is 0 Å². The molecule has 0 aliphatic rings. The van der Waals surface area contributed by atoms with E-state index in [-0.39, 0.29) is 0 Å². The first kappa shape index (κ1) is 10.7. The lowest BCUT2D eigenvalue weighted by Gasteiger charge is -1.87. The van der Waals surface area contributed by atoms with Crippen LogP contribution in [0.5, 0.6) is 0 Å². The summed E-state index contributed by atoms with van der Waals surface area (Å²) in [7, 11) is 0. The minimum atomic E-state index is -1.63. The van der Waals surface area contributed by atoms with E-state index in [2.05, 4.69) is 0 Å². The fourth-order valence-corrected chi connectivity index (χ4v) is 0. The highest BCUT2D eigenvalue weighted by Gasteiger charge is 1.85. The Balaban J connectivity index is 0. The molecular formula is C5H6O4-2. The molecule has 0 atom stereocenters. The van der Waals surface area contributed by atoms with Gasteiger partial charge >= 0.3 is 0 Å². The first-order valence-corrected chi connectivity index (χ1v) is 2.07. The molecule has 0 radical (unpaired) electrons. The van der Waals surface area contributed by atoms with Gasteiger partial charge in [0.15, 0.2) is 5.78 Å². The summed E-state index contributed by atoms with van der Waals surface area (Å²) >= 11 is 0. The van der Waals surface area contributed by atoms with E-state index >= 15 is 0 Å². The van der Waals surface area contributed by atoms with Crippen LogP contribution >= 0.6 is 0 Å². The van der Waals surface area contributed by atoms with Crippen molar-refractivity contribution in [1.29, 1.82) is 0 Å². The lowest BCUT2D eigenvalue weighted by atomic mass is 10.7. The van der Waals surface area contributed by atoms with Crippen LogP contribution in [0.1, 0.15) is 13.8 Å². The second kappa shape index (κ2) is 6.81. The third-order valence-corrected chi connectivity index (χ3v) is 0.287. The van der Waals surface area contributed by atoms with Gasteiger partial charge in [-0.3, -0.25) is 11.1 Å². The lowest BCUT2D eigenvalue weighted by Crippen LogP contribution is -2.29. The first-order chi connectivity index (χ1) is 4.06. The molecule has 0 amide bonds. The topological polar surface area (TPSA) is 74.3 Å². The van der Waals surface area contributed by atoms with Crippen molar-refractivity contribution in [3.8, 4) is 0 Å². The Bertz CT molecular complexity index is 104. The Kier molecular flexibility index (Phi) is 8.12. The molecule has 0 saturated heterocycles. The van der Waals surface area contributed by atoms with Gasteiger partial charge in [-0.2, -0.15) is 6.92 Å². The van der Waals surface area contributed by atoms with Gasteiger partial charge in [0.05, 0.1) is 0 Å². The van der Waals surface area contributed by atoms with E-state index in [1.54, 1.807) is 0 Å². The maximum Gasteiger partial charge on any atom is 0.175 e. The summed E-state index contributed by atoms with van der Waals surface area (Å²) in [6.45, 7) is 2.26. The molecule has 0 N–H and O–H groups in total. The highest BCUT2D eigenvalue weighted by molar-refractivity contribution is 6.30. The van der Waals surface area contributed by atoms with Crippen LogP contribution in [0.15, 0.2) is 0 Å². The van der Waals surface area contributed by atoms with Gasteiger partial charge in [-0.15, -0.1) is 0 Å². The van der Waals surface area contributed by atoms with Gasteiger partial charge in [0.25, 0.3) is 0 Å². The number of Topliss-reactive ketones (excluding diaryl/α,β-unsaturated/α-hetero) is 1. The lowest BCUT2D eigenvalue weighted by molar-refractivity contribution is -0.299. The third-order valence-electron chi connectivity index (χ3n) is 0.287. The minimum absolute atomic E-state index is 0.935. The Hall–Kier alpha value is -1.19. The van der Waals surface area contributed by atoms with Gasteiger partial charge < -0.3 is 14.7 Å². The maximum absolute atomic E-state index is 9.48. The zero-order chi connectivity index (χ0) is 7.86. The molecule has 0 aromatic heterocycles. The zero-order valence-electron chi connectivity index (χ0n) is 5.13. The minimum Gasteiger partial charge on any atom is -0.542 e. The van der Waals surface area contributed by atoms with Gasteiger partial charge in [0.2, 0.25) is 0 Å². The van der Waals surface area contributed by atoms with Crippen molar-refractivity contribution >= 4 is 18.0 Å². The number of hydrogen-bond donors (Lipinski definition) is 0. The van der Waals surface area contributed by atoms with Crippen LogP contribution in [0.4, 0.5) is 0 Å². The molecular weight excluding hydrogens is 125 g/mol. The van der Waals surface area contributed by atoms with Crippen LogP contribution in [-0.4, -0.2) is 18.0 Å². The van der Waals surface area contributed by atoms with Crippen molar-refractivity contribution < 1.29 is 19.5 Å². The maximum atomic E-state index is 9.48. The summed E-state index contributed by atoms with van der Waals surface area (Å²) in [5.41, 5.74) is 0. The standard InChI is InChI=1S/C3H4O3.C2H3O/c1-2(4)3(5)6;1-2-3/h1H3,(H,5,6);1H3/q;-1/p-1/i3+1;. The van der Waals surface area contributed by atoms with Gasteiger partial charge in [0, 0.05) is 6.92 Å². The molecule has 0 rings (SSSR count). The summed E-state index contributed by atoms with van der Waals surface area (Å²) < 4.78 is 0. The van der Waals surface area contributed by atoms with E-state index in [9.17, 15) is 14.7 Å². The number of rotatable bonds is 1. The molecule has 0 fully saturated rings. The number of carbonyl (C=O) groups excluding carboxylic acids is 3. The van der Waals surface area contributed by atoms with Crippen molar-refractivity contribution in [2.75, 3.05) is 0 Å². The molecule has 0 aromatic rings. The second-order valence-electron chi connectivity index (χ2n) is 1.05. The fourth-order valence-electron chi connectivity index (χ4n) is 0. The summed E-state index contributed by atoms with van der Waals surface area (Å²) in [5.74, 6) is -2.56. The van der Waals surface area contributed by atoms with Crippen LogP contribution < -0.4 is 5.11 Å². The van der Waals surface area contributed by atoms with Crippen molar-refractivity contribution in [1.82, 2.24) is 0 Å². The Morgan fingerprint density at radius 3 is 1.56 bits per heavy atom. The number of aliphatic carboxylic acids is 1. The quantitative estimate of drug-likeness (QED) is 0.245. The average Bonchev–Trinajstić information content (AvgIpc) is 1.68. The third kappa shape index (κ3) is 20.0. The molecule has 52 valence electrons. The van der Waals surface area contributed by atoms with Crippen LogP contribution in [0, 0.1) is 0 Å². The van der Waals surface area contributed by atoms with E-state index < -0.39 is 11.8 Å². The molecule has 0 bridgehead atoms. The number of carboxylic acid groups (broad SMARTS) is 1. The van der Waals surface area contributed by atoms with Crippen LogP contribution in [0.25, 0.3) is 0 Å². The van der Waals surface area contributed by atoms with E-state index in [1.165, 1.54) is 13.2 Å². The molecule has 4 nitrogen and oxygen atoms in total. The van der Waals surface area contributed by atoms with Crippen LogP contribution in [0.2, 0.25) is 0 Å². The first-order valence-electron chi connectivity index (χ1n) is 2.07. The SMILES string of the molecule is CC(=O)[13C](=O)[O-].C[C-]=O. The van der Waals surface area contributed by atoms with Crippen LogP contribution in [-0.2, 0) is 14.4 Å².